The van der Waals surface area contributed by atoms with Crippen LogP contribution in [0, 0.1) is 5.41 Å². The molecule has 0 spiro atoms. The van der Waals surface area contributed by atoms with Crippen molar-refractivity contribution in [2.24, 2.45) is 11.1 Å². The van der Waals surface area contributed by atoms with Gasteiger partial charge in [0, 0.05) is 25.6 Å². The quantitative estimate of drug-likeness (QED) is 0.887. The van der Waals surface area contributed by atoms with Gasteiger partial charge in [0.05, 0.1) is 0 Å². The number of hydrogen-bond donors (Lipinski definition) is 1. The Morgan fingerprint density at radius 3 is 2.61 bits per heavy atom. The van der Waals surface area contributed by atoms with E-state index in [1.807, 2.05) is 0 Å². The maximum atomic E-state index is 6.11. The van der Waals surface area contributed by atoms with Crippen LogP contribution in [-0.4, -0.2) is 29.3 Å². The third kappa shape index (κ3) is 3.70. The highest BCUT2D eigenvalue weighted by Gasteiger charge is 2.21. The molecule has 2 rings (SSSR count). The molecule has 1 aromatic heterocycles. The summed E-state index contributed by atoms with van der Waals surface area (Å²) in [6.45, 7) is 8.64. The molecule has 2 N–H and O–H groups in total. The highest BCUT2D eigenvalue weighted by atomic mass is 16.5. The van der Waals surface area contributed by atoms with Crippen LogP contribution < -0.4 is 10.6 Å². The van der Waals surface area contributed by atoms with Gasteiger partial charge < -0.3 is 15.2 Å². The summed E-state index contributed by atoms with van der Waals surface area (Å²) in [7, 11) is 0. The molecule has 1 atom stereocenters. The molecule has 1 aliphatic rings. The fourth-order valence-electron chi connectivity index (χ4n) is 2.46. The third-order valence-electron chi connectivity index (χ3n) is 3.16. The van der Waals surface area contributed by atoms with Gasteiger partial charge in [-0.1, -0.05) is 20.8 Å². The van der Waals surface area contributed by atoms with E-state index >= 15 is 0 Å². The maximum absolute atomic E-state index is 6.11. The summed E-state index contributed by atoms with van der Waals surface area (Å²) >= 11 is 0. The van der Waals surface area contributed by atoms with Gasteiger partial charge in [-0.15, -0.1) is 0 Å². The minimum atomic E-state index is 0.0804. The van der Waals surface area contributed by atoms with Crippen LogP contribution in [0.15, 0.2) is 4.52 Å². The minimum absolute atomic E-state index is 0.0804. The first-order chi connectivity index (χ1) is 8.44. The maximum Gasteiger partial charge on any atom is 0.266 e. The summed E-state index contributed by atoms with van der Waals surface area (Å²) in [5, 5.41) is 4.03. The van der Waals surface area contributed by atoms with E-state index in [0.29, 0.717) is 12.3 Å². The molecule has 1 saturated heterocycles. The number of rotatable bonds is 4. The smallest absolute Gasteiger partial charge is 0.266 e. The Bertz CT molecular complexity index is 377. The van der Waals surface area contributed by atoms with Crippen LogP contribution in [0.5, 0.6) is 0 Å². The second-order valence-electron chi connectivity index (χ2n) is 6.41. The lowest BCUT2D eigenvalue weighted by Crippen LogP contribution is -2.28. The average Bonchev–Trinajstić information content (AvgIpc) is 2.82. The molecule has 102 valence electrons. The summed E-state index contributed by atoms with van der Waals surface area (Å²) in [6.07, 6.45) is 4.05. The first kappa shape index (κ1) is 13.3. The van der Waals surface area contributed by atoms with E-state index in [1.54, 1.807) is 0 Å². The van der Waals surface area contributed by atoms with Crippen molar-refractivity contribution < 1.29 is 4.52 Å². The molecule has 5 heteroatoms. The predicted octanol–water partition coefficient (Wildman–Crippen LogP) is 1.98. The summed E-state index contributed by atoms with van der Waals surface area (Å²) in [5.41, 5.74) is 6.35. The van der Waals surface area contributed by atoms with Crippen LogP contribution in [0.2, 0.25) is 0 Å². The fraction of sp³-hybridized carbons (Fsp3) is 0.846. The van der Waals surface area contributed by atoms with Crippen molar-refractivity contribution in [3.8, 4) is 0 Å². The van der Waals surface area contributed by atoms with E-state index in [-0.39, 0.29) is 11.5 Å². The van der Waals surface area contributed by atoms with Crippen molar-refractivity contribution in [2.75, 3.05) is 18.0 Å². The molecule has 18 heavy (non-hydrogen) atoms. The first-order valence-electron chi connectivity index (χ1n) is 6.77. The van der Waals surface area contributed by atoms with Crippen LogP contribution in [0.3, 0.4) is 0 Å². The topological polar surface area (TPSA) is 68.2 Å². The molecule has 1 aromatic rings. The molecule has 5 nitrogen and oxygen atoms in total. The Kier molecular flexibility index (Phi) is 3.90. The van der Waals surface area contributed by atoms with Crippen molar-refractivity contribution >= 4 is 5.95 Å². The van der Waals surface area contributed by atoms with Crippen molar-refractivity contribution in [3.05, 3.63) is 5.89 Å². The Balaban J connectivity index is 1.90. The van der Waals surface area contributed by atoms with Gasteiger partial charge in [0.1, 0.15) is 0 Å². The number of nitrogens with zero attached hydrogens (tertiary/aromatic N) is 3. The van der Waals surface area contributed by atoms with Gasteiger partial charge in [-0.3, -0.25) is 0 Å². The van der Waals surface area contributed by atoms with Crippen LogP contribution in [-0.2, 0) is 6.42 Å². The Morgan fingerprint density at radius 2 is 2.00 bits per heavy atom. The van der Waals surface area contributed by atoms with Gasteiger partial charge in [0.15, 0.2) is 0 Å². The highest BCUT2D eigenvalue weighted by molar-refractivity contribution is 5.28. The van der Waals surface area contributed by atoms with Crippen LogP contribution in [0.4, 0.5) is 5.95 Å². The number of anilines is 1. The normalized spacial score (nSPS) is 18.3. The number of nitrogens with two attached hydrogens (primary N) is 1. The molecular weight excluding hydrogens is 228 g/mol. The Labute approximate surface area is 109 Å². The summed E-state index contributed by atoms with van der Waals surface area (Å²) in [5.74, 6) is 1.39. The molecule has 1 aliphatic heterocycles. The molecule has 0 saturated carbocycles. The molecule has 0 amide bonds. The molecule has 2 heterocycles. The monoisotopic (exact) mass is 252 g/mol. The van der Waals surface area contributed by atoms with Gasteiger partial charge in [-0.25, -0.2) is 0 Å². The molecule has 0 aromatic carbocycles. The second kappa shape index (κ2) is 5.26. The molecular formula is C13H24N4O. The lowest BCUT2D eigenvalue weighted by Gasteiger charge is -2.21. The summed E-state index contributed by atoms with van der Waals surface area (Å²) in [6, 6.07) is 0.0804. The predicted molar refractivity (Wildman–Crippen MR) is 71.5 cm³/mol. The lowest BCUT2D eigenvalue weighted by molar-refractivity contribution is 0.313. The zero-order chi connectivity index (χ0) is 13.2. The first-order valence-corrected chi connectivity index (χ1v) is 6.77. The van der Waals surface area contributed by atoms with E-state index < -0.39 is 0 Å². The number of hydrogen-bond acceptors (Lipinski definition) is 5. The lowest BCUT2D eigenvalue weighted by atomic mass is 9.87. The molecule has 1 unspecified atom stereocenters. The van der Waals surface area contributed by atoms with E-state index in [9.17, 15) is 0 Å². The molecule has 1 fully saturated rings. The van der Waals surface area contributed by atoms with Crippen molar-refractivity contribution in [1.82, 2.24) is 10.1 Å². The van der Waals surface area contributed by atoms with E-state index in [4.69, 9.17) is 10.3 Å². The second-order valence-corrected chi connectivity index (χ2v) is 6.41. The van der Waals surface area contributed by atoms with E-state index in [0.717, 1.165) is 25.5 Å². The molecule has 0 aliphatic carbocycles. The zero-order valence-corrected chi connectivity index (χ0v) is 11.6. The van der Waals surface area contributed by atoms with Gasteiger partial charge in [-0.05, 0) is 29.8 Å². The van der Waals surface area contributed by atoms with Crippen molar-refractivity contribution in [2.45, 2.75) is 52.5 Å². The Morgan fingerprint density at radius 1 is 1.33 bits per heavy atom. The van der Waals surface area contributed by atoms with Gasteiger partial charge in [0.25, 0.3) is 5.95 Å². The van der Waals surface area contributed by atoms with Crippen molar-refractivity contribution in [1.29, 1.82) is 0 Å². The van der Waals surface area contributed by atoms with Gasteiger partial charge in [-0.2, -0.15) is 4.98 Å². The standard InChI is InChI=1S/C13H24N4O/c1-13(2,3)9-10(14)8-11-15-12(16-18-11)17-6-4-5-7-17/h10H,4-9,14H2,1-3H3. The van der Waals surface area contributed by atoms with Crippen LogP contribution in [0.25, 0.3) is 0 Å². The van der Waals surface area contributed by atoms with E-state index in [2.05, 4.69) is 35.8 Å². The SMILES string of the molecule is CC(C)(C)CC(N)Cc1nc(N2CCCC2)no1. The van der Waals surface area contributed by atoms with Crippen LogP contribution in [0.1, 0.15) is 45.9 Å². The zero-order valence-electron chi connectivity index (χ0n) is 11.6. The van der Waals surface area contributed by atoms with E-state index in [1.165, 1.54) is 12.8 Å². The van der Waals surface area contributed by atoms with Gasteiger partial charge >= 0.3 is 0 Å². The average molecular weight is 252 g/mol. The third-order valence-corrected chi connectivity index (χ3v) is 3.16. The van der Waals surface area contributed by atoms with Gasteiger partial charge in [0.2, 0.25) is 5.89 Å². The summed E-state index contributed by atoms with van der Waals surface area (Å²) < 4.78 is 5.28. The number of aromatic nitrogens is 2. The summed E-state index contributed by atoms with van der Waals surface area (Å²) in [4.78, 5) is 6.60. The fourth-order valence-corrected chi connectivity index (χ4v) is 2.46. The molecule has 0 radical (unpaired) electrons. The molecule has 0 bridgehead atoms. The highest BCUT2D eigenvalue weighted by Crippen LogP contribution is 2.22. The minimum Gasteiger partial charge on any atom is -0.338 e. The van der Waals surface area contributed by atoms with Crippen LogP contribution >= 0.6 is 0 Å². The largest absolute Gasteiger partial charge is 0.338 e. The Hall–Kier alpha value is -1.10. The van der Waals surface area contributed by atoms with Crippen molar-refractivity contribution in [3.63, 3.8) is 0 Å².